The van der Waals surface area contributed by atoms with Gasteiger partial charge in [0, 0.05) is 5.92 Å². The molecule has 5 heteroatoms. The van der Waals surface area contributed by atoms with Crippen LogP contribution in [0.4, 0.5) is 5.13 Å². The molecule has 1 heterocycles. The molecule has 68 valence electrons. The molecule has 0 saturated heterocycles. The van der Waals surface area contributed by atoms with Gasteiger partial charge in [-0.1, -0.05) is 25.2 Å². The van der Waals surface area contributed by atoms with E-state index in [9.17, 15) is 0 Å². The smallest absolute Gasteiger partial charge is 0.219 e. The lowest BCUT2D eigenvalue weighted by Gasteiger charge is -2.05. The lowest BCUT2D eigenvalue weighted by atomic mass is 10.1. The molecule has 0 saturated carbocycles. The Bertz CT molecular complexity index is 231. The molecule has 0 aliphatic carbocycles. The van der Waals surface area contributed by atoms with Crippen LogP contribution in [-0.2, 0) is 0 Å². The summed E-state index contributed by atoms with van der Waals surface area (Å²) in [5, 5.41) is 9.71. The summed E-state index contributed by atoms with van der Waals surface area (Å²) in [5.74, 6) is 5.74. The Kier molecular flexibility index (Phi) is 3.43. The number of anilines is 1. The van der Waals surface area contributed by atoms with E-state index in [0.717, 1.165) is 17.8 Å². The van der Waals surface area contributed by atoms with E-state index >= 15 is 0 Å². The van der Waals surface area contributed by atoms with Crippen molar-refractivity contribution >= 4 is 16.5 Å². The van der Waals surface area contributed by atoms with E-state index in [-0.39, 0.29) is 0 Å². The van der Waals surface area contributed by atoms with E-state index in [0.29, 0.717) is 11.0 Å². The highest BCUT2D eigenvalue weighted by Gasteiger charge is 2.12. The highest BCUT2D eigenvalue weighted by molar-refractivity contribution is 7.15. The van der Waals surface area contributed by atoms with E-state index in [4.69, 9.17) is 5.84 Å². The Labute approximate surface area is 76.2 Å². The fraction of sp³-hybridized carbons (Fsp3) is 0.714. The maximum Gasteiger partial charge on any atom is 0.219 e. The quantitative estimate of drug-likeness (QED) is 0.555. The lowest BCUT2D eigenvalue weighted by molar-refractivity contribution is 0.630. The second-order valence-corrected chi connectivity index (χ2v) is 3.61. The van der Waals surface area contributed by atoms with Crippen LogP contribution in [0.5, 0.6) is 0 Å². The van der Waals surface area contributed by atoms with Gasteiger partial charge in [-0.15, -0.1) is 10.2 Å². The Morgan fingerprint density at radius 2 is 2.08 bits per heavy atom. The van der Waals surface area contributed by atoms with Gasteiger partial charge in [0.05, 0.1) is 0 Å². The molecule has 1 aromatic heterocycles. The zero-order valence-electron chi connectivity index (χ0n) is 7.37. The highest BCUT2D eigenvalue weighted by Crippen LogP contribution is 2.27. The van der Waals surface area contributed by atoms with Gasteiger partial charge in [0.15, 0.2) is 0 Å². The molecule has 0 aromatic carbocycles. The summed E-state index contributed by atoms with van der Waals surface area (Å²) < 4.78 is 0. The van der Waals surface area contributed by atoms with Gasteiger partial charge in [0.1, 0.15) is 5.01 Å². The third-order valence-electron chi connectivity index (χ3n) is 1.90. The number of hydrogen-bond donors (Lipinski definition) is 2. The van der Waals surface area contributed by atoms with Gasteiger partial charge >= 0.3 is 0 Å². The largest absolute Gasteiger partial charge is 0.298 e. The van der Waals surface area contributed by atoms with Gasteiger partial charge in [0.25, 0.3) is 0 Å². The Morgan fingerprint density at radius 3 is 2.50 bits per heavy atom. The van der Waals surface area contributed by atoms with E-state index in [1.165, 1.54) is 11.3 Å². The van der Waals surface area contributed by atoms with Crippen LogP contribution in [0.2, 0.25) is 0 Å². The van der Waals surface area contributed by atoms with Gasteiger partial charge in [-0.2, -0.15) is 0 Å². The number of nitrogen functional groups attached to an aromatic ring is 1. The molecule has 0 atom stereocenters. The minimum atomic E-state index is 0.532. The number of hydrazine groups is 1. The molecule has 0 radical (unpaired) electrons. The number of rotatable bonds is 4. The van der Waals surface area contributed by atoms with Crippen molar-refractivity contribution in [3.05, 3.63) is 5.01 Å². The fourth-order valence-corrected chi connectivity index (χ4v) is 2.02. The first-order valence-corrected chi connectivity index (χ1v) is 4.93. The SMILES string of the molecule is CCC(CC)c1nnc(NN)s1. The predicted molar refractivity (Wildman–Crippen MR) is 51.0 cm³/mol. The average Bonchev–Trinajstić information content (AvgIpc) is 2.55. The van der Waals surface area contributed by atoms with E-state index in [2.05, 4.69) is 29.5 Å². The van der Waals surface area contributed by atoms with Crippen LogP contribution in [-0.4, -0.2) is 10.2 Å². The first-order chi connectivity index (χ1) is 5.81. The molecule has 1 aromatic rings. The van der Waals surface area contributed by atoms with Crippen LogP contribution in [0.3, 0.4) is 0 Å². The number of nitrogens with zero attached hydrogens (tertiary/aromatic N) is 2. The van der Waals surface area contributed by atoms with E-state index in [1.54, 1.807) is 0 Å². The molecule has 0 aliphatic heterocycles. The van der Waals surface area contributed by atoms with Crippen molar-refractivity contribution < 1.29 is 0 Å². The minimum Gasteiger partial charge on any atom is -0.298 e. The average molecular weight is 186 g/mol. The van der Waals surface area contributed by atoms with Crippen molar-refractivity contribution in [1.82, 2.24) is 10.2 Å². The normalized spacial score (nSPS) is 10.7. The van der Waals surface area contributed by atoms with Crippen LogP contribution in [0.15, 0.2) is 0 Å². The Balaban J connectivity index is 2.72. The molecule has 4 nitrogen and oxygen atoms in total. The lowest BCUT2D eigenvalue weighted by Crippen LogP contribution is -2.05. The van der Waals surface area contributed by atoms with E-state index in [1.807, 2.05) is 0 Å². The van der Waals surface area contributed by atoms with Crippen molar-refractivity contribution in [2.45, 2.75) is 32.6 Å². The molecular formula is C7H14N4S. The van der Waals surface area contributed by atoms with Crippen LogP contribution >= 0.6 is 11.3 Å². The summed E-state index contributed by atoms with van der Waals surface area (Å²) in [6.07, 6.45) is 2.21. The van der Waals surface area contributed by atoms with Crippen molar-refractivity contribution in [2.75, 3.05) is 5.43 Å². The van der Waals surface area contributed by atoms with Gasteiger partial charge in [-0.05, 0) is 12.8 Å². The topological polar surface area (TPSA) is 63.8 Å². The molecule has 0 fully saturated rings. The molecule has 0 unspecified atom stereocenters. The molecule has 0 spiro atoms. The maximum absolute atomic E-state index is 5.20. The summed E-state index contributed by atoms with van der Waals surface area (Å²) in [6, 6.07) is 0. The van der Waals surface area contributed by atoms with Crippen molar-refractivity contribution in [3.8, 4) is 0 Å². The second-order valence-electron chi connectivity index (χ2n) is 2.60. The summed E-state index contributed by atoms with van der Waals surface area (Å²) in [6.45, 7) is 4.32. The zero-order chi connectivity index (χ0) is 8.97. The number of nitrogens with one attached hydrogen (secondary N) is 1. The Hall–Kier alpha value is -0.680. The fourth-order valence-electron chi connectivity index (χ4n) is 1.10. The highest BCUT2D eigenvalue weighted by atomic mass is 32.1. The van der Waals surface area contributed by atoms with Crippen LogP contribution in [0.25, 0.3) is 0 Å². The third-order valence-corrected chi connectivity index (χ3v) is 2.92. The maximum atomic E-state index is 5.20. The molecule has 0 aliphatic rings. The first kappa shape index (κ1) is 9.41. The van der Waals surface area contributed by atoms with Crippen molar-refractivity contribution in [3.63, 3.8) is 0 Å². The molecule has 0 amide bonds. The van der Waals surface area contributed by atoms with Gasteiger partial charge in [-0.25, -0.2) is 5.84 Å². The van der Waals surface area contributed by atoms with Crippen LogP contribution in [0, 0.1) is 0 Å². The van der Waals surface area contributed by atoms with Crippen LogP contribution in [0.1, 0.15) is 37.6 Å². The molecular weight excluding hydrogens is 172 g/mol. The van der Waals surface area contributed by atoms with Gasteiger partial charge < -0.3 is 0 Å². The van der Waals surface area contributed by atoms with Gasteiger partial charge in [-0.3, -0.25) is 5.43 Å². The molecule has 3 N–H and O–H groups in total. The van der Waals surface area contributed by atoms with Crippen molar-refractivity contribution in [2.24, 2.45) is 5.84 Å². The summed E-state index contributed by atoms with van der Waals surface area (Å²) in [7, 11) is 0. The standard InChI is InChI=1S/C7H14N4S/c1-3-5(4-2)6-10-11-7(9-8)12-6/h5H,3-4,8H2,1-2H3,(H,9,11). The molecule has 12 heavy (non-hydrogen) atoms. The number of aromatic nitrogens is 2. The Morgan fingerprint density at radius 1 is 1.42 bits per heavy atom. The number of hydrogen-bond acceptors (Lipinski definition) is 5. The minimum absolute atomic E-state index is 0.532. The van der Waals surface area contributed by atoms with E-state index < -0.39 is 0 Å². The predicted octanol–water partition coefficient (Wildman–Crippen LogP) is 1.73. The molecule has 0 bridgehead atoms. The van der Waals surface area contributed by atoms with Gasteiger partial charge in [0.2, 0.25) is 5.13 Å². The molecule has 1 rings (SSSR count). The number of nitrogens with two attached hydrogens (primary N) is 1. The third kappa shape index (κ3) is 1.92. The monoisotopic (exact) mass is 186 g/mol. The summed E-state index contributed by atoms with van der Waals surface area (Å²) in [5.41, 5.74) is 2.50. The summed E-state index contributed by atoms with van der Waals surface area (Å²) in [4.78, 5) is 0. The summed E-state index contributed by atoms with van der Waals surface area (Å²) >= 11 is 1.53. The second kappa shape index (κ2) is 4.37. The zero-order valence-corrected chi connectivity index (χ0v) is 8.19. The van der Waals surface area contributed by atoms with Crippen molar-refractivity contribution in [1.29, 1.82) is 0 Å². The first-order valence-electron chi connectivity index (χ1n) is 4.11. The van der Waals surface area contributed by atoms with Crippen LogP contribution < -0.4 is 11.3 Å².